The third-order valence-corrected chi connectivity index (χ3v) is 4.67. The zero-order valence-corrected chi connectivity index (χ0v) is 15.1. The largest absolute Gasteiger partial charge is 0.504 e. The minimum absolute atomic E-state index is 0.00841. The Hall–Kier alpha value is -2.22. The van der Waals surface area contributed by atoms with Gasteiger partial charge in [0.15, 0.2) is 11.5 Å². The zero-order chi connectivity index (χ0) is 17.9. The van der Waals surface area contributed by atoms with Gasteiger partial charge in [0.25, 0.3) is 0 Å². The number of aryl methyl sites for hydroxylation is 1. The van der Waals surface area contributed by atoms with E-state index >= 15 is 0 Å². The monoisotopic (exact) mass is 338 g/mol. The molecule has 0 aliphatic carbocycles. The van der Waals surface area contributed by atoms with E-state index < -0.39 is 0 Å². The molecule has 0 saturated carbocycles. The van der Waals surface area contributed by atoms with Crippen LogP contribution in [0.4, 0.5) is 0 Å². The van der Waals surface area contributed by atoms with Crippen LogP contribution in [-0.2, 0) is 6.42 Å². The number of allylic oxidation sites excluding steroid dienone is 1. The molecule has 2 N–H and O–H groups in total. The van der Waals surface area contributed by atoms with Crippen LogP contribution in [0.2, 0.25) is 0 Å². The number of aromatic hydroxyl groups is 2. The topological polar surface area (TPSA) is 40.5 Å². The van der Waals surface area contributed by atoms with Crippen molar-refractivity contribution in [1.82, 2.24) is 0 Å². The van der Waals surface area contributed by atoms with Gasteiger partial charge >= 0.3 is 0 Å². The Bertz CT molecular complexity index is 647. The fourth-order valence-electron chi connectivity index (χ4n) is 3.16. The summed E-state index contributed by atoms with van der Waals surface area (Å²) in [4.78, 5) is 0. The van der Waals surface area contributed by atoms with Gasteiger partial charge < -0.3 is 10.2 Å². The van der Waals surface area contributed by atoms with E-state index in [0.717, 1.165) is 30.4 Å². The highest BCUT2D eigenvalue weighted by molar-refractivity contribution is 5.74. The number of phenolic OH excluding ortho intramolecular Hbond substituents is 2. The Morgan fingerprint density at radius 2 is 1.36 bits per heavy atom. The van der Waals surface area contributed by atoms with Crippen molar-refractivity contribution in [1.29, 1.82) is 0 Å². The molecule has 0 aliphatic rings. The summed E-state index contributed by atoms with van der Waals surface area (Å²) >= 11 is 0. The van der Waals surface area contributed by atoms with Crippen LogP contribution in [0.5, 0.6) is 11.5 Å². The van der Waals surface area contributed by atoms with Crippen LogP contribution in [-0.4, -0.2) is 10.2 Å². The maximum atomic E-state index is 10.3. The van der Waals surface area contributed by atoms with Gasteiger partial charge in [-0.1, -0.05) is 80.6 Å². The quantitative estimate of drug-likeness (QED) is 0.275. The number of rotatable bonds is 11. The fraction of sp³-hybridized carbons (Fsp3) is 0.391. The molecule has 0 amide bonds. The van der Waals surface area contributed by atoms with E-state index in [-0.39, 0.29) is 11.5 Å². The van der Waals surface area contributed by atoms with E-state index in [4.69, 9.17) is 0 Å². The summed E-state index contributed by atoms with van der Waals surface area (Å²) < 4.78 is 0. The number of hydrogen-bond donors (Lipinski definition) is 2. The van der Waals surface area contributed by atoms with Crippen molar-refractivity contribution in [2.45, 2.75) is 57.8 Å². The van der Waals surface area contributed by atoms with Crippen molar-refractivity contribution in [3.05, 3.63) is 60.7 Å². The van der Waals surface area contributed by atoms with E-state index in [1.807, 2.05) is 48.5 Å². The number of hydrogen-bond acceptors (Lipinski definition) is 2. The first kappa shape index (κ1) is 19.1. The molecule has 2 nitrogen and oxygen atoms in total. The van der Waals surface area contributed by atoms with Crippen molar-refractivity contribution in [3.8, 4) is 22.6 Å². The van der Waals surface area contributed by atoms with Crippen molar-refractivity contribution < 1.29 is 10.2 Å². The second-order valence-corrected chi connectivity index (χ2v) is 6.64. The van der Waals surface area contributed by atoms with Gasteiger partial charge in [0.05, 0.1) is 0 Å². The van der Waals surface area contributed by atoms with Gasteiger partial charge in [-0.25, -0.2) is 0 Å². The molecule has 2 aromatic rings. The maximum absolute atomic E-state index is 10.3. The Labute approximate surface area is 151 Å². The standard InChI is InChI=1S/C23H30O2/c1-2-3-4-5-6-7-8-9-11-16-20-17-18-21(23(25)22(20)24)19-14-12-10-13-15-19/h2,10,12-15,17-18,24-25H,1,3-9,11,16H2. The summed E-state index contributed by atoms with van der Waals surface area (Å²) in [6.07, 6.45) is 12.5. The molecular formula is C23H30O2. The second-order valence-electron chi connectivity index (χ2n) is 6.64. The molecule has 0 aliphatic heterocycles. The molecule has 2 rings (SSSR count). The molecule has 0 saturated heterocycles. The number of phenols is 2. The molecule has 25 heavy (non-hydrogen) atoms. The van der Waals surface area contributed by atoms with Crippen LogP contribution in [0.15, 0.2) is 55.1 Å². The normalized spacial score (nSPS) is 10.7. The molecule has 0 aromatic heterocycles. The summed E-state index contributed by atoms with van der Waals surface area (Å²) in [5.74, 6) is 0.0247. The summed E-state index contributed by atoms with van der Waals surface area (Å²) in [6, 6.07) is 13.5. The Balaban J connectivity index is 1.78. The van der Waals surface area contributed by atoms with Crippen molar-refractivity contribution in [2.24, 2.45) is 0 Å². The average molecular weight is 338 g/mol. The molecule has 0 radical (unpaired) electrons. The predicted molar refractivity (Wildman–Crippen MR) is 106 cm³/mol. The average Bonchev–Trinajstić information content (AvgIpc) is 2.64. The first-order chi connectivity index (χ1) is 12.2. The minimum Gasteiger partial charge on any atom is -0.504 e. The summed E-state index contributed by atoms with van der Waals surface area (Å²) in [5, 5.41) is 20.6. The Morgan fingerprint density at radius 3 is 2.04 bits per heavy atom. The zero-order valence-electron chi connectivity index (χ0n) is 15.1. The molecule has 0 heterocycles. The molecule has 0 bridgehead atoms. The van der Waals surface area contributed by atoms with Crippen LogP contribution in [0.25, 0.3) is 11.1 Å². The Kier molecular flexibility index (Phi) is 8.11. The molecular weight excluding hydrogens is 308 g/mol. The molecule has 134 valence electrons. The molecule has 0 fully saturated rings. The van der Waals surface area contributed by atoms with Gasteiger partial charge in [0, 0.05) is 5.56 Å². The van der Waals surface area contributed by atoms with Gasteiger partial charge in [-0.2, -0.15) is 0 Å². The molecule has 0 atom stereocenters. The van der Waals surface area contributed by atoms with E-state index in [1.54, 1.807) is 0 Å². The van der Waals surface area contributed by atoms with Crippen molar-refractivity contribution in [3.63, 3.8) is 0 Å². The predicted octanol–water partition coefficient (Wildman–Crippen LogP) is 6.61. The minimum atomic E-state index is -0.00841. The van der Waals surface area contributed by atoms with Gasteiger partial charge in [0.1, 0.15) is 0 Å². The molecule has 0 spiro atoms. The maximum Gasteiger partial charge on any atom is 0.165 e. The lowest BCUT2D eigenvalue weighted by Crippen LogP contribution is -1.90. The summed E-state index contributed by atoms with van der Waals surface area (Å²) in [5.41, 5.74) is 2.43. The SMILES string of the molecule is C=CCCCCCCCCCc1ccc(-c2ccccc2)c(O)c1O. The first-order valence-electron chi connectivity index (χ1n) is 9.44. The highest BCUT2D eigenvalue weighted by Gasteiger charge is 2.12. The lowest BCUT2D eigenvalue weighted by molar-refractivity contribution is 0.400. The van der Waals surface area contributed by atoms with Crippen LogP contribution in [0, 0.1) is 0 Å². The van der Waals surface area contributed by atoms with Crippen LogP contribution in [0.1, 0.15) is 56.9 Å². The van der Waals surface area contributed by atoms with Crippen molar-refractivity contribution >= 4 is 0 Å². The third-order valence-electron chi connectivity index (χ3n) is 4.67. The summed E-state index contributed by atoms with van der Waals surface area (Å²) in [7, 11) is 0. The number of benzene rings is 2. The molecule has 2 heteroatoms. The first-order valence-corrected chi connectivity index (χ1v) is 9.44. The third kappa shape index (κ3) is 5.97. The highest BCUT2D eigenvalue weighted by atomic mass is 16.3. The lowest BCUT2D eigenvalue weighted by atomic mass is 9.98. The van der Waals surface area contributed by atoms with E-state index in [9.17, 15) is 10.2 Å². The summed E-state index contributed by atoms with van der Waals surface area (Å²) in [6.45, 7) is 3.75. The lowest BCUT2D eigenvalue weighted by Gasteiger charge is -2.11. The fourth-order valence-corrected chi connectivity index (χ4v) is 3.16. The van der Waals surface area contributed by atoms with Crippen molar-refractivity contribution in [2.75, 3.05) is 0 Å². The van der Waals surface area contributed by atoms with Gasteiger partial charge in [0.2, 0.25) is 0 Å². The Morgan fingerprint density at radius 1 is 0.720 bits per heavy atom. The molecule has 2 aromatic carbocycles. The van der Waals surface area contributed by atoms with E-state index in [0.29, 0.717) is 5.56 Å². The second kappa shape index (κ2) is 10.6. The van der Waals surface area contributed by atoms with Crippen LogP contribution >= 0.6 is 0 Å². The van der Waals surface area contributed by atoms with E-state index in [1.165, 1.54) is 38.5 Å². The van der Waals surface area contributed by atoms with Crippen LogP contribution in [0.3, 0.4) is 0 Å². The van der Waals surface area contributed by atoms with Gasteiger partial charge in [-0.05, 0) is 36.8 Å². The number of unbranched alkanes of at least 4 members (excludes halogenated alkanes) is 7. The van der Waals surface area contributed by atoms with Gasteiger partial charge in [-0.3, -0.25) is 0 Å². The van der Waals surface area contributed by atoms with Gasteiger partial charge in [-0.15, -0.1) is 6.58 Å². The van der Waals surface area contributed by atoms with Crippen LogP contribution < -0.4 is 0 Å². The van der Waals surface area contributed by atoms with E-state index in [2.05, 4.69) is 6.58 Å². The smallest absolute Gasteiger partial charge is 0.165 e. The highest BCUT2D eigenvalue weighted by Crippen LogP contribution is 2.39. The molecule has 0 unspecified atom stereocenters.